The van der Waals surface area contributed by atoms with Crippen LogP contribution >= 0.6 is 11.3 Å². The van der Waals surface area contributed by atoms with Gasteiger partial charge in [0.1, 0.15) is 0 Å². The second-order valence-corrected chi connectivity index (χ2v) is 3.32. The largest absolute Gasteiger partial charge is 0.316 e. The fraction of sp³-hybridized carbons (Fsp3) is 0.571. The van der Waals surface area contributed by atoms with Gasteiger partial charge in [0.15, 0.2) is 0 Å². The molecule has 3 heteroatoms. The summed E-state index contributed by atoms with van der Waals surface area (Å²) in [5.74, 6) is 0.686. The Morgan fingerprint density at radius 2 is 2.70 bits per heavy atom. The molecule has 1 N–H and O–H groups in total. The SMILES string of the molecule is c1nc(C2CCNC2)cs1. The van der Waals surface area contributed by atoms with Gasteiger partial charge >= 0.3 is 0 Å². The summed E-state index contributed by atoms with van der Waals surface area (Å²) in [7, 11) is 0. The van der Waals surface area contributed by atoms with Crippen molar-refractivity contribution in [3.8, 4) is 0 Å². The predicted octanol–water partition coefficient (Wildman–Crippen LogP) is 1.22. The fourth-order valence-electron chi connectivity index (χ4n) is 1.33. The lowest BCUT2D eigenvalue weighted by Gasteiger charge is -2.01. The molecule has 2 rings (SSSR count). The van der Waals surface area contributed by atoms with Crippen LogP contribution in [0, 0.1) is 0 Å². The van der Waals surface area contributed by atoms with E-state index in [1.165, 1.54) is 12.1 Å². The Hall–Kier alpha value is -0.410. The summed E-state index contributed by atoms with van der Waals surface area (Å²) in [5.41, 5.74) is 3.18. The smallest absolute Gasteiger partial charge is 0.0794 e. The summed E-state index contributed by atoms with van der Waals surface area (Å²) in [6.07, 6.45) is 1.25. The van der Waals surface area contributed by atoms with Gasteiger partial charge in [0.05, 0.1) is 11.2 Å². The molecule has 10 heavy (non-hydrogen) atoms. The molecule has 1 unspecified atom stereocenters. The number of thiazole rings is 1. The lowest BCUT2D eigenvalue weighted by Crippen LogP contribution is -2.07. The minimum absolute atomic E-state index is 0.686. The van der Waals surface area contributed by atoms with E-state index in [9.17, 15) is 0 Å². The first kappa shape index (κ1) is 6.31. The molecule has 1 aromatic heterocycles. The van der Waals surface area contributed by atoms with Crippen molar-refractivity contribution in [3.63, 3.8) is 0 Å². The maximum absolute atomic E-state index is 4.28. The first-order chi connectivity index (χ1) is 4.97. The number of rotatable bonds is 1. The number of nitrogens with zero attached hydrogens (tertiary/aromatic N) is 1. The molecule has 0 radical (unpaired) electrons. The van der Waals surface area contributed by atoms with E-state index in [-0.39, 0.29) is 0 Å². The van der Waals surface area contributed by atoms with E-state index < -0.39 is 0 Å². The topological polar surface area (TPSA) is 24.9 Å². The molecule has 1 aromatic rings. The van der Waals surface area contributed by atoms with Crippen molar-refractivity contribution >= 4 is 11.3 Å². The molecule has 1 aliphatic rings. The highest BCUT2D eigenvalue weighted by Gasteiger charge is 2.17. The van der Waals surface area contributed by atoms with Crippen molar-refractivity contribution in [2.75, 3.05) is 13.1 Å². The average molecular weight is 154 g/mol. The maximum Gasteiger partial charge on any atom is 0.0794 e. The highest BCUT2D eigenvalue weighted by Crippen LogP contribution is 2.21. The molecular weight excluding hydrogens is 144 g/mol. The molecular formula is C7H10N2S. The zero-order chi connectivity index (χ0) is 6.81. The normalized spacial score (nSPS) is 25.4. The monoisotopic (exact) mass is 154 g/mol. The van der Waals surface area contributed by atoms with Crippen LogP contribution in [0.1, 0.15) is 18.0 Å². The van der Waals surface area contributed by atoms with Gasteiger partial charge in [-0.05, 0) is 13.0 Å². The standard InChI is InChI=1S/C7H10N2S/c1-2-8-3-6(1)7-4-10-5-9-7/h4-6,8H,1-3H2. The summed E-state index contributed by atoms with van der Waals surface area (Å²) < 4.78 is 0. The second-order valence-electron chi connectivity index (χ2n) is 2.60. The van der Waals surface area contributed by atoms with E-state index in [0.29, 0.717) is 5.92 Å². The molecule has 1 fully saturated rings. The quantitative estimate of drug-likeness (QED) is 0.658. The predicted molar refractivity (Wildman–Crippen MR) is 42.3 cm³/mol. The van der Waals surface area contributed by atoms with Crippen LogP contribution in [-0.2, 0) is 0 Å². The Labute approximate surface area is 64.3 Å². The summed E-state index contributed by atoms with van der Waals surface area (Å²) in [4.78, 5) is 4.28. The van der Waals surface area contributed by atoms with Gasteiger partial charge in [-0.25, -0.2) is 4.98 Å². The molecule has 0 spiro atoms. The third-order valence-corrected chi connectivity index (χ3v) is 2.53. The van der Waals surface area contributed by atoms with Crippen molar-refractivity contribution in [1.82, 2.24) is 10.3 Å². The van der Waals surface area contributed by atoms with Crippen LogP contribution < -0.4 is 5.32 Å². The molecule has 1 atom stereocenters. The van der Waals surface area contributed by atoms with E-state index in [1.807, 2.05) is 5.51 Å². The van der Waals surface area contributed by atoms with E-state index in [1.54, 1.807) is 11.3 Å². The fourth-order valence-corrected chi connectivity index (χ4v) is 1.97. The van der Waals surface area contributed by atoms with Crippen LogP contribution in [0.5, 0.6) is 0 Å². The highest BCUT2D eigenvalue weighted by atomic mass is 32.1. The van der Waals surface area contributed by atoms with Crippen molar-refractivity contribution in [3.05, 3.63) is 16.6 Å². The van der Waals surface area contributed by atoms with Crippen molar-refractivity contribution in [2.45, 2.75) is 12.3 Å². The van der Waals surface area contributed by atoms with Gasteiger partial charge in [-0.1, -0.05) is 0 Å². The minimum atomic E-state index is 0.686. The first-order valence-electron chi connectivity index (χ1n) is 3.55. The van der Waals surface area contributed by atoms with Crippen LogP contribution in [0.3, 0.4) is 0 Å². The lowest BCUT2D eigenvalue weighted by atomic mass is 10.1. The van der Waals surface area contributed by atoms with Gasteiger partial charge in [-0.2, -0.15) is 0 Å². The number of nitrogens with one attached hydrogen (secondary N) is 1. The number of hydrogen-bond donors (Lipinski definition) is 1. The van der Waals surface area contributed by atoms with E-state index >= 15 is 0 Å². The maximum atomic E-state index is 4.28. The van der Waals surface area contributed by atoms with E-state index in [0.717, 1.165) is 13.1 Å². The summed E-state index contributed by atoms with van der Waals surface area (Å²) in [6, 6.07) is 0. The summed E-state index contributed by atoms with van der Waals surface area (Å²) in [6.45, 7) is 2.27. The van der Waals surface area contributed by atoms with Gasteiger partial charge in [0.25, 0.3) is 0 Å². The van der Waals surface area contributed by atoms with Gasteiger partial charge < -0.3 is 5.32 Å². The van der Waals surface area contributed by atoms with Crippen LogP contribution in [0.2, 0.25) is 0 Å². The number of hydrogen-bond acceptors (Lipinski definition) is 3. The van der Waals surface area contributed by atoms with Gasteiger partial charge in [0.2, 0.25) is 0 Å². The Balaban J connectivity index is 2.12. The third-order valence-electron chi connectivity index (χ3n) is 1.93. The Bertz CT molecular complexity index is 189. The zero-order valence-corrected chi connectivity index (χ0v) is 6.53. The summed E-state index contributed by atoms with van der Waals surface area (Å²) in [5, 5.41) is 5.48. The molecule has 1 aliphatic heterocycles. The lowest BCUT2D eigenvalue weighted by molar-refractivity contribution is 0.741. The first-order valence-corrected chi connectivity index (χ1v) is 4.50. The van der Waals surface area contributed by atoms with Crippen LogP contribution in [0.4, 0.5) is 0 Å². The molecule has 54 valence electrons. The molecule has 1 saturated heterocycles. The molecule has 0 aliphatic carbocycles. The van der Waals surface area contributed by atoms with Crippen molar-refractivity contribution in [1.29, 1.82) is 0 Å². The zero-order valence-electron chi connectivity index (χ0n) is 5.71. The molecule has 2 heterocycles. The van der Waals surface area contributed by atoms with Crippen LogP contribution in [0.25, 0.3) is 0 Å². The van der Waals surface area contributed by atoms with Gasteiger partial charge in [-0.15, -0.1) is 11.3 Å². The average Bonchev–Trinajstić information content (AvgIpc) is 2.59. The highest BCUT2D eigenvalue weighted by molar-refractivity contribution is 7.07. The van der Waals surface area contributed by atoms with E-state index in [2.05, 4.69) is 15.7 Å². The number of aromatic nitrogens is 1. The molecule has 0 amide bonds. The molecule has 2 nitrogen and oxygen atoms in total. The van der Waals surface area contributed by atoms with Crippen molar-refractivity contribution < 1.29 is 0 Å². The summed E-state index contributed by atoms with van der Waals surface area (Å²) >= 11 is 1.69. The van der Waals surface area contributed by atoms with Gasteiger partial charge in [-0.3, -0.25) is 0 Å². The Morgan fingerprint density at radius 3 is 3.30 bits per heavy atom. The van der Waals surface area contributed by atoms with Crippen molar-refractivity contribution in [2.24, 2.45) is 0 Å². The van der Waals surface area contributed by atoms with Crippen LogP contribution in [-0.4, -0.2) is 18.1 Å². The Morgan fingerprint density at radius 1 is 1.70 bits per heavy atom. The Kier molecular flexibility index (Phi) is 1.69. The van der Waals surface area contributed by atoms with Crippen LogP contribution in [0.15, 0.2) is 10.9 Å². The second kappa shape index (κ2) is 2.68. The van der Waals surface area contributed by atoms with E-state index in [4.69, 9.17) is 0 Å². The molecule has 0 bridgehead atoms. The van der Waals surface area contributed by atoms with Gasteiger partial charge in [0, 0.05) is 17.8 Å². The third kappa shape index (κ3) is 1.07. The molecule has 0 saturated carbocycles. The molecule has 0 aromatic carbocycles. The minimum Gasteiger partial charge on any atom is -0.316 e.